The highest BCUT2D eigenvalue weighted by Crippen LogP contribution is 2.31. The van der Waals surface area contributed by atoms with Gasteiger partial charge in [-0.15, -0.1) is 11.3 Å². The largest absolute Gasteiger partial charge is 0.497 e. The summed E-state index contributed by atoms with van der Waals surface area (Å²) in [5.41, 5.74) is 2.20. The van der Waals surface area contributed by atoms with Gasteiger partial charge in [0.15, 0.2) is 0 Å². The van der Waals surface area contributed by atoms with E-state index in [1.54, 1.807) is 18.4 Å². The van der Waals surface area contributed by atoms with Crippen LogP contribution in [0.2, 0.25) is 0 Å². The van der Waals surface area contributed by atoms with Crippen LogP contribution in [0.15, 0.2) is 47.9 Å². The van der Waals surface area contributed by atoms with Crippen LogP contribution in [0.4, 0.5) is 0 Å². The van der Waals surface area contributed by atoms with Crippen molar-refractivity contribution in [1.29, 1.82) is 0 Å². The Hall–Kier alpha value is -1.58. The lowest BCUT2D eigenvalue weighted by atomic mass is 9.98. The van der Waals surface area contributed by atoms with E-state index in [4.69, 9.17) is 4.74 Å². The van der Waals surface area contributed by atoms with Gasteiger partial charge in [0.2, 0.25) is 0 Å². The maximum atomic E-state index is 10.7. The van der Waals surface area contributed by atoms with Crippen molar-refractivity contribution in [3.63, 3.8) is 0 Å². The Morgan fingerprint density at radius 1 is 1.08 bits per heavy atom. The maximum Gasteiger partial charge on any atom is 0.118 e. The lowest BCUT2D eigenvalue weighted by Gasteiger charge is -2.14. The second-order valence-electron chi connectivity index (χ2n) is 6.76. The van der Waals surface area contributed by atoms with E-state index in [0.29, 0.717) is 6.42 Å². The molecule has 2 nitrogen and oxygen atoms in total. The summed E-state index contributed by atoms with van der Waals surface area (Å²) in [6.45, 7) is 2.25. The topological polar surface area (TPSA) is 29.5 Å². The van der Waals surface area contributed by atoms with E-state index >= 15 is 0 Å². The van der Waals surface area contributed by atoms with Crippen LogP contribution < -0.4 is 4.74 Å². The third-order valence-electron chi connectivity index (χ3n) is 4.70. The fourth-order valence-corrected chi connectivity index (χ4v) is 3.88. The fraction of sp³-hybridized carbons (Fsp3) is 0.478. The molecule has 26 heavy (non-hydrogen) atoms. The van der Waals surface area contributed by atoms with Crippen LogP contribution in [-0.4, -0.2) is 12.2 Å². The number of allylic oxidation sites excluding steroid dienone is 1. The molecule has 2 rings (SSSR count). The summed E-state index contributed by atoms with van der Waals surface area (Å²) >= 11 is 1.75. The molecule has 142 valence electrons. The lowest BCUT2D eigenvalue weighted by molar-refractivity contribution is 0.184. The Bertz CT molecular complexity index is 629. The molecule has 0 fully saturated rings. The smallest absolute Gasteiger partial charge is 0.118 e. The number of unbranched alkanes of at least 4 members (excludes halogenated alkanes) is 6. The third kappa shape index (κ3) is 6.97. The van der Waals surface area contributed by atoms with Gasteiger partial charge in [-0.2, -0.15) is 0 Å². The van der Waals surface area contributed by atoms with Gasteiger partial charge in [0, 0.05) is 11.3 Å². The van der Waals surface area contributed by atoms with Crippen molar-refractivity contribution < 1.29 is 9.84 Å². The SMILES string of the molecule is CCCCCCCC/C=C(\CC(O)c1ccc(OC)cc1)c1cccs1. The van der Waals surface area contributed by atoms with Crippen LogP contribution in [0, 0.1) is 0 Å². The van der Waals surface area contributed by atoms with Crippen molar-refractivity contribution >= 4 is 16.9 Å². The number of aliphatic hydroxyl groups excluding tert-OH is 1. The van der Waals surface area contributed by atoms with Crippen LogP contribution in [0.25, 0.3) is 5.57 Å². The van der Waals surface area contributed by atoms with Gasteiger partial charge in [0.1, 0.15) is 5.75 Å². The van der Waals surface area contributed by atoms with E-state index in [1.165, 1.54) is 49.0 Å². The Labute approximate surface area is 162 Å². The summed E-state index contributed by atoms with van der Waals surface area (Å²) in [7, 11) is 1.66. The van der Waals surface area contributed by atoms with E-state index in [1.807, 2.05) is 24.3 Å². The molecule has 3 heteroatoms. The highest BCUT2D eigenvalue weighted by molar-refractivity contribution is 7.11. The standard InChI is InChI=1S/C23H32O2S/c1-3-4-5-6-7-8-9-11-20(23-12-10-17-26-23)18-22(24)19-13-15-21(25-2)16-14-19/h10-17,22,24H,3-9,18H2,1-2H3/b20-11+. The van der Waals surface area contributed by atoms with Gasteiger partial charge in [-0.25, -0.2) is 0 Å². The van der Waals surface area contributed by atoms with Crippen molar-refractivity contribution in [2.45, 2.75) is 64.4 Å². The minimum Gasteiger partial charge on any atom is -0.497 e. The average molecular weight is 373 g/mol. The van der Waals surface area contributed by atoms with Gasteiger partial charge >= 0.3 is 0 Å². The number of aliphatic hydroxyl groups is 1. The molecule has 1 heterocycles. The van der Waals surface area contributed by atoms with E-state index in [2.05, 4.69) is 30.5 Å². The molecule has 1 unspecified atom stereocenters. The molecule has 1 aromatic heterocycles. The maximum absolute atomic E-state index is 10.7. The number of hydrogen-bond acceptors (Lipinski definition) is 3. The normalized spacial score (nSPS) is 13.0. The van der Waals surface area contributed by atoms with Crippen molar-refractivity contribution in [2.75, 3.05) is 7.11 Å². The quantitative estimate of drug-likeness (QED) is 0.406. The monoisotopic (exact) mass is 372 g/mol. The van der Waals surface area contributed by atoms with Crippen LogP contribution in [0.5, 0.6) is 5.75 Å². The van der Waals surface area contributed by atoms with Crippen LogP contribution in [0.3, 0.4) is 0 Å². The van der Waals surface area contributed by atoms with E-state index in [-0.39, 0.29) is 0 Å². The Kier molecular flexibility index (Phi) is 9.51. The van der Waals surface area contributed by atoms with Crippen molar-refractivity contribution in [3.8, 4) is 5.75 Å². The second kappa shape index (κ2) is 11.9. The summed E-state index contributed by atoms with van der Waals surface area (Å²) < 4.78 is 5.20. The number of ether oxygens (including phenoxy) is 1. The molecule has 0 radical (unpaired) electrons. The third-order valence-corrected chi connectivity index (χ3v) is 5.65. The van der Waals surface area contributed by atoms with Crippen LogP contribution in [0.1, 0.15) is 74.8 Å². The van der Waals surface area contributed by atoms with Gasteiger partial charge in [0.05, 0.1) is 13.2 Å². The van der Waals surface area contributed by atoms with Gasteiger partial charge in [0.25, 0.3) is 0 Å². The molecule has 0 aliphatic heterocycles. The van der Waals surface area contributed by atoms with E-state index in [9.17, 15) is 5.11 Å². The van der Waals surface area contributed by atoms with Crippen LogP contribution in [-0.2, 0) is 0 Å². The van der Waals surface area contributed by atoms with Crippen LogP contribution >= 0.6 is 11.3 Å². The minimum atomic E-state index is -0.487. The molecule has 0 saturated heterocycles. The van der Waals surface area contributed by atoms with Gasteiger partial charge in [-0.1, -0.05) is 63.3 Å². The zero-order valence-electron chi connectivity index (χ0n) is 16.1. The summed E-state index contributed by atoms with van der Waals surface area (Å²) in [4.78, 5) is 1.27. The van der Waals surface area contributed by atoms with Crippen molar-refractivity contribution in [1.82, 2.24) is 0 Å². The molecule has 1 atom stereocenters. The molecule has 0 aliphatic rings. The van der Waals surface area contributed by atoms with E-state index in [0.717, 1.165) is 17.7 Å². The molecule has 0 spiro atoms. The molecular weight excluding hydrogens is 340 g/mol. The first-order valence-corrected chi connectivity index (χ1v) is 10.7. The Morgan fingerprint density at radius 2 is 1.81 bits per heavy atom. The highest BCUT2D eigenvalue weighted by atomic mass is 32.1. The minimum absolute atomic E-state index is 0.487. The molecule has 2 aromatic rings. The Morgan fingerprint density at radius 3 is 2.46 bits per heavy atom. The number of hydrogen-bond donors (Lipinski definition) is 1. The molecule has 0 aliphatic carbocycles. The number of benzene rings is 1. The summed E-state index contributed by atoms with van der Waals surface area (Å²) in [5, 5.41) is 12.8. The van der Waals surface area contributed by atoms with Gasteiger partial charge in [-0.05, 0) is 47.6 Å². The molecule has 0 amide bonds. The Balaban J connectivity index is 1.93. The first-order valence-electron chi connectivity index (χ1n) is 9.79. The summed E-state index contributed by atoms with van der Waals surface area (Å²) in [5.74, 6) is 0.818. The molecule has 1 aromatic carbocycles. The fourth-order valence-electron chi connectivity index (χ4n) is 3.10. The molecule has 0 saturated carbocycles. The molecule has 0 bridgehead atoms. The second-order valence-corrected chi connectivity index (χ2v) is 7.70. The molecule has 1 N–H and O–H groups in total. The number of methoxy groups -OCH3 is 1. The zero-order valence-corrected chi connectivity index (χ0v) is 16.9. The summed E-state index contributed by atoms with van der Waals surface area (Å²) in [6, 6.07) is 11.9. The first-order chi connectivity index (χ1) is 12.7. The van der Waals surface area contributed by atoms with Crippen molar-refractivity contribution in [2.24, 2.45) is 0 Å². The first kappa shape index (κ1) is 20.7. The van der Waals surface area contributed by atoms with Gasteiger partial charge in [-0.3, -0.25) is 0 Å². The van der Waals surface area contributed by atoms with E-state index < -0.39 is 6.10 Å². The van der Waals surface area contributed by atoms with Crippen molar-refractivity contribution in [3.05, 3.63) is 58.3 Å². The number of rotatable bonds is 12. The number of thiophene rings is 1. The average Bonchev–Trinajstić information content (AvgIpc) is 3.21. The highest BCUT2D eigenvalue weighted by Gasteiger charge is 2.12. The lowest BCUT2D eigenvalue weighted by Crippen LogP contribution is -1.99. The zero-order chi connectivity index (χ0) is 18.6. The van der Waals surface area contributed by atoms with Gasteiger partial charge < -0.3 is 9.84 Å². The predicted octanol–water partition coefficient (Wildman–Crippen LogP) is 7.01. The molecular formula is C23H32O2S. The summed E-state index contributed by atoms with van der Waals surface area (Å²) in [6.07, 6.45) is 11.5. The predicted molar refractivity (Wildman–Crippen MR) is 113 cm³/mol.